The van der Waals surface area contributed by atoms with Crippen LogP contribution in [-0.2, 0) is 0 Å². The predicted molar refractivity (Wildman–Crippen MR) is 35.8 cm³/mol. The van der Waals surface area contributed by atoms with Crippen molar-refractivity contribution in [3.8, 4) is 0 Å². The van der Waals surface area contributed by atoms with Gasteiger partial charge < -0.3 is 5.32 Å². The van der Waals surface area contributed by atoms with Crippen LogP contribution < -0.4 is 5.32 Å². The molecule has 1 nitrogen and oxygen atoms in total. The molecular formula is C7H13N. The van der Waals surface area contributed by atoms with Gasteiger partial charge in [0.05, 0.1) is 0 Å². The van der Waals surface area contributed by atoms with Crippen LogP contribution in [0.4, 0.5) is 0 Å². The normalized spacial score (nSPS) is 21.6. The number of allylic oxidation sites excluding steroid dienone is 1. The van der Waals surface area contributed by atoms with Gasteiger partial charge in [0.15, 0.2) is 0 Å². The van der Waals surface area contributed by atoms with Crippen molar-refractivity contribution in [1.29, 1.82) is 0 Å². The highest BCUT2D eigenvalue weighted by Gasteiger charge is 2.11. The Morgan fingerprint density at radius 2 is 2.38 bits per heavy atom. The van der Waals surface area contributed by atoms with Crippen molar-refractivity contribution in [2.75, 3.05) is 13.1 Å². The summed E-state index contributed by atoms with van der Waals surface area (Å²) < 4.78 is 0. The van der Waals surface area contributed by atoms with Crippen molar-refractivity contribution in [3.63, 3.8) is 0 Å². The van der Waals surface area contributed by atoms with E-state index in [1.807, 2.05) is 0 Å². The largest absolute Gasteiger partial charge is 0.315 e. The molecule has 1 heterocycles. The van der Waals surface area contributed by atoms with E-state index in [1.165, 1.54) is 19.5 Å². The fourth-order valence-corrected chi connectivity index (χ4v) is 0.776. The summed E-state index contributed by atoms with van der Waals surface area (Å²) in [5.41, 5.74) is 0. The van der Waals surface area contributed by atoms with Gasteiger partial charge in [-0.25, -0.2) is 0 Å². The quantitative estimate of drug-likeness (QED) is 0.527. The second-order valence-corrected chi connectivity index (χ2v) is 2.25. The molecule has 0 amide bonds. The molecule has 0 aromatic heterocycles. The van der Waals surface area contributed by atoms with E-state index in [4.69, 9.17) is 0 Å². The van der Waals surface area contributed by atoms with Crippen molar-refractivity contribution >= 4 is 0 Å². The summed E-state index contributed by atoms with van der Waals surface area (Å²) in [5.74, 6) is 0.843. The highest BCUT2D eigenvalue weighted by molar-refractivity contribution is 4.94. The Hall–Kier alpha value is -0.300. The van der Waals surface area contributed by atoms with Crippen molar-refractivity contribution in [1.82, 2.24) is 5.32 Å². The molecular weight excluding hydrogens is 98.1 g/mol. The van der Waals surface area contributed by atoms with Gasteiger partial charge in [-0.3, -0.25) is 0 Å². The first kappa shape index (κ1) is 5.83. The lowest BCUT2D eigenvalue weighted by molar-refractivity contribution is 0.418. The Labute approximate surface area is 50.8 Å². The number of hydrogen-bond donors (Lipinski definition) is 1. The van der Waals surface area contributed by atoms with Crippen molar-refractivity contribution in [3.05, 3.63) is 12.2 Å². The first-order valence-corrected chi connectivity index (χ1v) is 3.31. The average Bonchev–Trinajstić information content (AvgIpc) is 1.63. The van der Waals surface area contributed by atoms with Crippen LogP contribution in [0, 0.1) is 5.92 Å². The molecule has 1 heteroatoms. The van der Waals surface area contributed by atoms with Gasteiger partial charge in [0.1, 0.15) is 0 Å². The molecule has 1 aliphatic rings. The lowest BCUT2D eigenvalue weighted by Crippen LogP contribution is -2.40. The Morgan fingerprint density at radius 1 is 1.62 bits per heavy atom. The second kappa shape index (κ2) is 2.88. The molecule has 0 spiro atoms. The number of hydrogen-bond acceptors (Lipinski definition) is 1. The van der Waals surface area contributed by atoms with Gasteiger partial charge in [-0.15, -0.1) is 0 Å². The van der Waals surface area contributed by atoms with Gasteiger partial charge >= 0.3 is 0 Å². The maximum absolute atomic E-state index is 3.22. The zero-order valence-corrected chi connectivity index (χ0v) is 5.35. The molecule has 0 bridgehead atoms. The topological polar surface area (TPSA) is 12.0 Å². The summed E-state index contributed by atoms with van der Waals surface area (Å²) in [5, 5.41) is 3.22. The highest BCUT2D eigenvalue weighted by atomic mass is 14.9. The van der Waals surface area contributed by atoms with E-state index in [1.54, 1.807) is 0 Å². The molecule has 1 N–H and O–H groups in total. The van der Waals surface area contributed by atoms with E-state index in [2.05, 4.69) is 24.4 Å². The third kappa shape index (κ3) is 1.34. The molecule has 8 heavy (non-hydrogen) atoms. The SMILES string of the molecule is CC/C=C/C1CNC1. The highest BCUT2D eigenvalue weighted by Crippen LogP contribution is 2.03. The Bertz CT molecular complexity index is 82.4. The number of nitrogens with one attached hydrogen (secondary N) is 1. The van der Waals surface area contributed by atoms with Gasteiger partial charge in [0.2, 0.25) is 0 Å². The zero-order valence-electron chi connectivity index (χ0n) is 5.35. The first-order valence-electron chi connectivity index (χ1n) is 3.31. The van der Waals surface area contributed by atoms with Crippen LogP contribution >= 0.6 is 0 Å². The predicted octanol–water partition coefficient (Wildman–Crippen LogP) is 1.17. The van der Waals surface area contributed by atoms with Crippen LogP contribution in [0.15, 0.2) is 12.2 Å². The fourth-order valence-electron chi connectivity index (χ4n) is 0.776. The molecule has 0 radical (unpaired) electrons. The van der Waals surface area contributed by atoms with Gasteiger partial charge in [0, 0.05) is 19.0 Å². The molecule has 0 unspecified atom stereocenters. The van der Waals surface area contributed by atoms with E-state index in [9.17, 15) is 0 Å². The Balaban J connectivity index is 2.08. The third-order valence-electron chi connectivity index (χ3n) is 1.46. The molecule has 1 fully saturated rings. The average molecular weight is 111 g/mol. The van der Waals surface area contributed by atoms with E-state index in [-0.39, 0.29) is 0 Å². The van der Waals surface area contributed by atoms with Gasteiger partial charge in [-0.2, -0.15) is 0 Å². The van der Waals surface area contributed by atoms with Crippen LogP contribution in [0.3, 0.4) is 0 Å². The Morgan fingerprint density at radius 3 is 2.75 bits per heavy atom. The summed E-state index contributed by atoms with van der Waals surface area (Å²) in [4.78, 5) is 0. The standard InChI is InChI=1S/C7H13N/c1-2-3-4-7-5-8-6-7/h3-4,7-8H,2,5-6H2,1H3/b4-3+. The molecule has 0 atom stereocenters. The summed E-state index contributed by atoms with van der Waals surface area (Å²) in [6.45, 7) is 4.55. The summed E-state index contributed by atoms with van der Waals surface area (Å²) >= 11 is 0. The molecule has 0 saturated carbocycles. The molecule has 0 aromatic carbocycles. The lowest BCUT2D eigenvalue weighted by Gasteiger charge is -2.23. The molecule has 1 aliphatic heterocycles. The smallest absolute Gasteiger partial charge is 0.00266 e. The Kier molecular flexibility index (Phi) is 2.10. The van der Waals surface area contributed by atoms with E-state index < -0.39 is 0 Å². The third-order valence-corrected chi connectivity index (χ3v) is 1.46. The van der Waals surface area contributed by atoms with E-state index in [0.717, 1.165) is 5.92 Å². The van der Waals surface area contributed by atoms with Crippen LogP contribution in [0.2, 0.25) is 0 Å². The second-order valence-electron chi connectivity index (χ2n) is 2.25. The molecule has 0 aromatic rings. The summed E-state index contributed by atoms with van der Waals surface area (Å²) in [6.07, 6.45) is 5.72. The van der Waals surface area contributed by atoms with Crippen molar-refractivity contribution < 1.29 is 0 Å². The van der Waals surface area contributed by atoms with Gasteiger partial charge in [-0.05, 0) is 6.42 Å². The molecule has 1 rings (SSSR count). The summed E-state index contributed by atoms with van der Waals surface area (Å²) in [6, 6.07) is 0. The minimum Gasteiger partial charge on any atom is -0.315 e. The van der Waals surface area contributed by atoms with Crippen LogP contribution in [0.5, 0.6) is 0 Å². The molecule has 0 aliphatic carbocycles. The number of rotatable bonds is 2. The maximum atomic E-state index is 3.22. The van der Waals surface area contributed by atoms with Crippen molar-refractivity contribution in [2.24, 2.45) is 5.92 Å². The molecule has 46 valence electrons. The molecule has 1 saturated heterocycles. The van der Waals surface area contributed by atoms with Crippen LogP contribution in [0.1, 0.15) is 13.3 Å². The fraction of sp³-hybridized carbons (Fsp3) is 0.714. The van der Waals surface area contributed by atoms with E-state index in [0.29, 0.717) is 0 Å². The van der Waals surface area contributed by atoms with Crippen LogP contribution in [0.25, 0.3) is 0 Å². The lowest BCUT2D eigenvalue weighted by atomic mass is 10.0. The zero-order chi connectivity index (χ0) is 5.82. The van der Waals surface area contributed by atoms with Crippen LogP contribution in [-0.4, -0.2) is 13.1 Å². The maximum Gasteiger partial charge on any atom is 0.00266 e. The minimum atomic E-state index is 0.843. The van der Waals surface area contributed by atoms with Crippen molar-refractivity contribution in [2.45, 2.75) is 13.3 Å². The summed E-state index contributed by atoms with van der Waals surface area (Å²) in [7, 11) is 0. The van der Waals surface area contributed by atoms with E-state index >= 15 is 0 Å². The van der Waals surface area contributed by atoms with Gasteiger partial charge in [0.25, 0.3) is 0 Å². The van der Waals surface area contributed by atoms with Gasteiger partial charge in [-0.1, -0.05) is 19.1 Å². The monoisotopic (exact) mass is 111 g/mol. The first-order chi connectivity index (χ1) is 3.93. The minimum absolute atomic E-state index is 0.843.